The second kappa shape index (κ2) is 11.4. The second-order valence-corrected chi connectivity index (χ2v) is 10.5. The number of anilines is 2. The number of halogens is 2. The Morgan fingerprint density at radius 3 is 2.84 bits per heavy atom. The summed E-state index contributed by atoms with van der Waals surface area (Å²) in [6.45, 7) is 1.57. The van der Waals surface area contributed by atoms with Gasteiger partial charge in [-0.1, -0.05) is 30.9 Å². The van der Waals surface area contributed by atoms with Gasteiger partial charge < -0.3 is 15.4 Å². The van der Waals surface area contributed by atoms with Gasteiger partial charge in [-0.25, -0.2) is 17.8 Å². The number of ether oxygens (including phenoxy) is 1. The van der Waals surface area contributed by atoms with Gasteiger partial charge in [0.05, 0.1) is 16.8 Å². The third kappa shape index (κ3) is 7.01. The molecule has 31 heavy (non-hydrogen) atoms. The molecule has 0 bridgehead atoms. The van der Waals surface area contributed by atoms with Crippen LogP contribution in [0.3, 0.4) is 0 Å². The van der Waals surface area contributed by atoms with Crippen LogP contribution in [-0.2, 0) is 14.8 Å². The molecule has 172 valence electrons. The Hall–Kier alpha value is -1.46. The van der Waals surface area contributed by atoms with E-state index in [1.807, 2.05) is 0 Å². The lowest BCUT2D eigenvalue weighted by molar-refractivity contribution is 0.117. The van der Waals surface area contributed by atoms with Crippen LogP contribution in [0.2, 0.25) is 5.02 Å². The third-order valence-corrected chi connectivity index (χ3v) is 7.76. The summed E-state index contributed by atoms with van der Waals surface area (Å²) in [6, 6.07) is 2.79. The topological polar surface area (TPSA) is 92.4 Å². The summed E-state index contributed by atoms with van der Waals surface area (Å²) in [4.78, 5) is 3.34. The molecule has 0 amide bonds. The van der Waals surface area contributed by atoms with E-state index in [0.29, 0.717) is 24.4 Å². The Balaban J connectivity index is 1.41. The fourth-order valence-electron chi connectivity index (χ4n) is 3.59. The molecule has 0 radical (unpaired) electrons. The lowest BCUT2D eigenvalue weighted by Gasteiger charge is -2.12. The van der Waals surface area contributed by atoms with E-state index in [1.54, 1.807) is 12.5 Å². The predicted octanol–water partition coefficient (Wildman–Crippen LogP) is 4.48. The molecule has 0 unspecified atom stereocenters. The zero-order valence-corrected chi connectivity index (χ0v) is 19.8. The first-order chi connectivity index (χ1) is 14.9. The van der Waals surface area contributed by atoms with Crippen molar-refractivity contribution in [3.63, 3.8) is 0 Å². The molecule has 1 aromatic carbocycles. The Morgan fingerprint density at radius 2 is 2.13 bits per heavy atom. The van der Waals surface area contributed by atoms with Crippen LogP contribution >= 0.6 is 22.9 Å². The number of nitrogens with one attached hydrogen (secondary N) is 3. The summed E-state index contributed by atoms with van der Waals surface area (Å²) in [6.07, 6.45) is 8.27. The number of hydrogen-bond acceptors (Lipinski definition) is 7. The van der Waals surface area contributed by atoms with Crippen molar-refractivity contribution in [2.45, 2.75) is 55.6 Å². The van der Waals surface area contributed by atoms with E-state index in [2.05, 4.69) is 20.3 Å². The monoisotopic (exact) mass is 490 g/mol. The summed E-state index contributed by atoms with van der Waals surface area (Å²) in [7, 11) is -2.35. The standard InChI is InChI=1S/C20H28ClFN4O3S2/c1-29-15-10-14(25-13-15)6-4-2-3-5-7-23-18-12-17(22)19(11-16(18)21)31(27,28)26-20-24-8-9-30-20/h8-9,11-12,14-15,23,25H,2-7,10,13H2,1H3,(H,24,26)/t14-,15-/m1/s1. The molecule has 1 aromatic heterocycles. The maximum absolute atomic E-state index is 14.5. The predicted molar refractivity (Wildman–Crippen MR) is 123 cm³/mol. The number of sulfonamides is 1. The Kier molecular flexibility index (Phi) is 8.91. The number of nitrogens with zero attached hydrogens (tertiary/aromatic N) is 1. The quantitative estimate of drug-likeness (QED) is 0.380. The lowest BCUT2D eigenvalue weighted by atomic mass is 10.1. The average molecular weight is 491 g/mol. The van der Waals surface area contributed by atoms with E-state index in [0.717, 1.165) is 68.5 Å². The Labute approximate surface area is 191 Å². The van der Waals surface area contributed by atoms with Crippen LogP contribution in [0.15, 0.2) is 28.6 Å². The van der Waals surface area contributed by atoms with Gasteiger partial charge in [-0.2, -0.15) is 0 Å². The Bertz CT molecular complexity index is 944. The molecule has 11 heteroatoms. The summed E-state index contributed by atoms with van der Waals surface area (Å²) in [5.41, 5.74) is 0.383. The summed E-state index contributed by atoms with van der Waals surface area (Å²) < 4.78 is 46.9. The maximum atomic E-state index is 14.5. The number of benzene rings is 1. The normalized spacial score (nSPS) is 18.9. The molecule has 3 rings (SSSR count). The van der Waals surface area contributed by atoms with Crippen molar-refractivity contribution in [2.75, 3.05) is 30.2 Å². The number of aromatic nitrogens is 1. The molecule has 0 spiro atoms. The largest absolute Gasteiger partial charge is 0.384 e. The van der Waals surface area contributed by atoms with Crippen LogP contribution in [0.4, 0.5) is 15.2 Å². The summed E-state index contributed by atoms with van der Waals surface area (Å²) in [5.74, 6) is -0.866. The van der Waals surface area contributed by atoms with Crippen LogP contribution in [0.1, 0.15) is 38.5 Å². The van der Waals surface area contributed by atoms with Crippen molar-refractivity contribution in [1.82, 2.24) is 10.3 Å². The average Bonchev–Trinajstić information content (AvgIpc) is 3.40. The van der Waals surface area contributed by atoms with Gasteiger partial charge in [0.1, 0.15) is 10.7 Å². The van der Waals surface area contributed by atoms with E-state index in [-0.39, 0.29) is 10.2 Å². The fourth-order valence-corrected chi connectivity index (χ4v) is 5.76. The van der Waals surface area contributed by atoms with Crippen molar-refractivity contribution in [2.24, 2.45) is 0 Å². The second-order valence-electron chi connectivity index (χ2n) is 7.53. The maximum Gasteiger partial charge on any atom is 0.266 e. The van der Waals surface area contributed by atoms with E-state index in [1.165, 1.54) is 6.20 Å². The molecule has 2 heterocycles. The molecular formula is C20H28ClFN4O3S2. The van der Waals surface area contributed by atoms with Crippen LogP contribution in [0, 0.1) is 5.82 Å². The molecule has 1 aliphatic heterocycles. The highest BCUT2D eigenvalue weighted by atomic mass is 35.5. The fraction of sp³-hybridized carbons (Fsp3) is 0.550. The first kappa shape index (κ1) is 24.2. The van der Waals surface area contributed by atoms with Crippen molar-refractivity contribution in [3.8, 4) is 0 Å². The highest BCUT2D eigenvalue weighted by Crippen LogP contribution is 2.29. The number of hydrogen-bond donors (Lipinski definition) is 3. The minimum atomic E-state index is -4.10. The number of rotatable bonds is 12. The molecule has 1 aliphatic rings. The summed E-state index contributed by atoms with van der Waals surface area (Å²) in [5, 5.41) is 8.52. The van der Waals surface area contributed by atoms with Gasteiger partial charge in [0, 0.05) is 37.8 Å². The highest BCUT2D eigenvalue weighted by Gasteiger charge is 2.23. The zero-order valence-electron chi connectivity index (χ0n) is 17.4. The van der Waals surface area contributed by atoms with Crippen LogP contribution < -0.4 is 15.4 Å². The van der Waals surface area contributed by atoms with Crippen LogP contribution in [-0.4, -0.2) is 45.7 Å². The smallest absolute Gasteiger partial charge is 0.266 e. The van der Waals surface area contributed by atoms with E-state index < -0.39 is 20.7 Å². The SMILES string of the molecule is CO[C@H]1CN[C@H](CCCCCCNc2cc(F)c(S(=O)(=O)Nc3nccs3)cc2Cl)C1. The molecular weight excluding hydrogens is 463 g/mol. The molecule has 7 nitrogen and oxygen atoms in total. The molecule has 1 fully saturated rings. The van der Waals surface area contributed by atoms with Gasteiger partial charge in [-0.3, -0.25) is 4.72 Å². The van der Waals surface area contributed by atoms with E-state index >= 15 is 0 Å². The van der Waals surface area contributed by atoms with Gasteiger partial charge in [0.25, 0.3) is 10.0 Å². The van der Waals surface area contributed by atoms with Crippen molar-refractivity contribution in [3.05, 3.63) is 34.5 Å². The molecule has 1 saturated heterocycles. The third-order valence-electron chi connectivity index (χ3n) is 5.27. The highest BCUT2D eigenvalue weighted by molar-refractivity contribution is 7.93. The van der Waals surface area contributed by atoms with Crippen LogP contribution in [0.25, 0.3) is 0 Å². The lowest BCUT2D eigenvalue weighted by Crippen LogP contribution is -2.21. The number of unbranched alkanes of at least 4 members (excludes halogenated alkanes) is 3. The van der Waals surface area contributed by atoms with Gasteiger partial charge in [-0.05, 0) is 31.4 Å². The van der Waals surface area contributed by atoms with Gasteiger partial charge in [0.15, 0.2) is 5.13 Å². The van der Waals surface area contributed by atoms with E-state index in [9.17, 15) is 12.8 Å². The van der Waals surface area contributed by atoms with Gasteiger partial charge in [-0.15, -0.1) is 11.3 Å². The molecule has 3 N–H and O–H groups in total. The molecule has 0 aliphatic carbocycles. The first-order valence-electron chi connectivity index (χ1n) is 10.3. The van der Waals surface area contributed by atoms with Gasteiger partial charge in [0.2, 0.25) is 0 Å². The van der Waals surface area contributed by atoms with Crippen LogP contribution in [0.5, 0.6) is 0 Å². The number of methoxy groups -OCH3 is 1. The Morgan fingerprint density at radius 1 is 1.32 bits per heavy atom. The minimum absolute atomic E-state index is 0.154. The number of thiazole rings is 1. The molecule has 0 saturated carbocycles. The molecule has 2 atom stereocenters. The summed E-state index contributed by atoms with van der Waals surface area (Å²) >= 11 is 7.30. The zero-order chi connectivity index (χ0) is 22.3. The van der Waals surface area contributed by atoms with Gasteiger partial charge >= 0.3 is 0 Å². The molecule has 2 aromatic rings. The first-order valence-corrected chi connectivity index (χ1v) is 13.0. The van der Waals surface area contributed by atoms with Crippen molar-refractivity contribution >= 4 is 43.8 Å². The van der Waals surface area contributed by atoms with Crippen molar-refractivity contribution in [1.29, 1.82) is 0 Å². The van der Waals surface area contributed by atoms with E-state index in [4.69, 9.17) is 16.3 Å². The van der Waals surface area contributed by atoms with Crippen molar-refractivity contribution < 1.29 is 17.5 Å². The minimum Gasteiger partial charge on any atom is -0.384 e.